The number of hydrogen-bond donors (Lipinski definition) is 2. The molecular weight excluding hydrogens is 221 g/mol. The number of benzene rings is 1. The van der Waals surface area contributed by atoms with Gasteiger partial charge in [-0.2, -0.15) is 0 Å². The van der Waals surface area contributed by atoms with E-state index >= 15 is 0 Å². The van der Waals surface area contributed by atoms with E-state index in [9.17, 15) is 9.18 Å². The number of amides is 1. The molecule has 1 unspecified atom stereocenters. The second kappa shape index (κ2) is 5.25. The van der Waals surface area contributed by atoms with E-state index in [1.165, 1.54) is 12.1 Å². The molecule has 0 spiro atoms. The highest BCUT2D eigenvalue weighted by Crippen LogP contribution is 2.11. The van der Waals surface area contributed by atoms with Gasteiger partial charge in [-0.3, -0.25) is 9.69 Å². The predicted octanol–water partition coefficient (Wildman–Crippen LogP) is 0.0848. The standard InChI is InChI=1S/C12H16FN3O/c13-10-3-1-9(2-4-10)8-16-6-5-15-7-11(16)12(14)17/h1-4,11,15H,5-8H2,(H2,14,17). The summed E-state index contributed by atoms with van der Waals surface area (Å²) in [5, 5.41) is 3.14. The van der Waals surface area contributed by atoms with Crippen molar-refractivity contribution in [3.8, 4) is 0 Å². The number of piperazine rings is 1. The Morgan fingerprint density at radius 2 is 2.18 bits per heavy atom. The van der Waals surface area contributed by atoms with Gasteiger partial charge in [0.2, 0.25) is 5.91 Å². The molecule has 5 heteroatoms. The van der Waals surface area contributed by atoms with Crippen molar-refractivity contribution in [2.24, 2.45) is 5.73 Å². The lowest BCUT2D eigenvalue weighted by atomic mass is 10.1. The van der Waals surface area contributed by atoms with Crippen molar-refractivity contribution in [1.82, 2.24) is 10.2 Å². The first-order valence-electron chi connectivity index (χ1n) is 5.65. The van der Waals surface area contributed by atoms with Gasteiger partial charge in [0.25, 0.3) is 0 Å². The molecular formula is C12H16FN3O. The molecule has 0 radical (unpaired) electrons. The second-order valence-electron chi connectivity index (χ2n) is 4.22. The van der Waals surface area contributed by atoms with Gasteiger partial charge in [-0.25, -0.2) is 4.39 Å². The van der Waals surface area contributed by atoms with E-state index < -0.39 is 0 Å². The Bertz CT molecular complexity index is 393. The molecule has 1 atom stereocenters. The molecule has 3 N–H and O–H groups in total. The van der Waals surface area contributed by atoms with Gasteiger partial charge in [-0.15, -0.1) is 0 Å². The van der Waals surface area contributed by atoms with Crippen LogP contribution in [-0.4, -0.2) is 36.5 Å². The maximum atomic E-state index is 12.8. The number of halogens is 1. The third-order valence-electron chi connectivity index (χ3n) is 2.98. The van der Waals surface area contributed by atoms with Crippen LogP contribution in [0.2, 0.25) is 0 Å². The average Bonchev–Trinajstić information content (AvgIpc) is 2.32. The lowest BCUT2D eigenvalue weighted by Crippen LogP contribution is -2.56. The lowest BCUT2D eigenvalue weighted by molar-refractivity contribution is -0.124. The fourth-order valence-electron chi connectivity index (χ4n) is 2.04. The van der Waals surface area contributed by atoms with Gasteiger partial charge in [0.05, 0.1) is 0 Å². The summed E-state index contributed by atoms with van der Waals surface area (Å²) in [7, 11) is 0. The zero-order valence-corrected chi connectivity index (χ0v) is 9.53. The van der Waals surface area contributed by atoms with Crippen LogP contribution >= 0.6 is 0 Å². The van der Waals surface area contributed by atoms with E-state index in [1.54, 1.807) is 12.1 Å². The molecule has 1 aromatic carbocycles. The molecule has 0 aromatic heterocycles. The molecule has 1 saturated heterocycles. The molecule has 2 rings (SSSR count). The minimum absolute atomic E-state index is 0.250. The quantitative estimate of drug-likeness (QED) is 0.783. The Morgan fingerprint density at radius 3 is 2.82 bits per heavy atom. The third kappa shape index (κ3) is 3.01. The number of primary amides is 1. The minimum atomic E-state index is -0.320. The zero-order valence-electron chi connectivity index (χ0n) is 9.53. The van der Waals surface area contributed by atoms with Crippen LogP contribution in [0.1, 0.15) is 5.56 Å². The summed E-state index contributed by atoms with van der Waals surface area (Å²) in [5.41, 5.74) is 6.34. The summed E-state index contributed by atoms with van der Waals surface area (Å²) in [4.78, 5) is 13.3. The van der Waals surface area contributed by atoms with E-state index in [2.05, 4.69) is 5.32 Å². The smallest absolute Gasteiger partial charge is 0.236 e. The molecule has 0 aliphatic carbocycles. The van der Waals surface area contributed by atoms with Crippen LogP contribution < -0.4 is 11.1 Å². The summed E-state index contributed by atoms with van der Waals surface area (Å²) in [6, 6.07) is 6.03. The predicted molar refractivity (Wildman–Crippen MR) is 62.7 cm³/mol. The first kappa shape index (κ1) is 12.0. The fraction of sp³-hybridized carbons (Fsp3) is 0.417. The van der Waals surface area contributed by atoms with E-state index in [0.717, 1.165) is 18.7 Å². The van der Waals surface area contributed by atoms with Crippen molar-refractivity contribution in [1.29, 1.82) is 0 Å². The average molecular weight is 237 g/mol. The third-order valence-corrected chi connectivity index (χ3v) is 2.98. The van der Waals surface area contributed by atoms with Crippen molar-refractivity contribution in [2.75, 3.05) is 19.6 Å². The molecule has 1 aliphatic heterocycles. The fourth-order valence-corrected chi connectivity index (χ4v) is 2.04. The van der Waals surface area contributed by atoms with E-state index in [1.807, 2.05) is 4.90 Å². The maximum absolute atomic E-state index is 12.8. The van der Waals surface area contributed by atoms with Crippen molar-refractivity contribution < 1.29 is 9.18 Å². The maximum Gasteiger partial charge on any atom is 0.236 e. The summed E-state index contributed by atoms with van der Waals surface area (Å²) in [5.74, 6) is -0.570. The number of carbonyl (C=O) groups excluding carboxylic acids is 1. The summed E-state index contributed by atoms with van der Waals surface area (Å²) >= 11 is 0. The molecule has 17 heavy (non-hydrogen) atoms. The van der Waals surface area contributed by atoms with Gasteiger partial charge in [0.1, 0.15) is 11.9 Å². The molecule has 1 fully saturated rings. The number of nitrogens with one attached hydrogen (secondary N) is 1. The molecule has 92 valence electrons. The van der Waals surface area contributed by atoms with Crippen molar-refractivity contribution in [2.45, 2.75) is 12.6 Å². The second-order valence-corrected chi connectivity index (χ2v) is 4.22. The summed E-state index contributed by atoms with van der Waals surface area (Å²) in [6.07, 6.45) is 0. The molecule has 0 bridgehead atoms. The molecule has 0 saturated carbocycles. The zero-order chi connectivity index (χ0) is 12.3. The van der Waals surface area contributed by atoms with Crippen LogP contribution in [0.3, 0.4) is 0 Å². The van der Waals surface area contributed by atoms with Crippen LogP contribution in [-0.2, 0) is 11.3 Å². The van der Waals surface area contributed by atoms with Gasteiger partial charge < -0.3 is 11.1 Å². The van der Waals surface area contributed by atoms with Crippen molar-refractivity contribution in [3.63, 3.8) is 0 Å². The highest BCUT2D eigenvalue weighted by Gasteiger charge is 2.26. The van der Waals surface area contributed by atoms with Crippen molar-refractivity contribution in [3.05, 3.63) is 35.6 Å². The minimum Gasteiger partial charge on any atom is -0.368 e. The normalized spacial score (nSPS) is 21.4. The molecule has 1 aromatic rings. The lowest BCUT2D eigenvalue weighted by Gasteiger charge is -2.34. The largest absolute Gasteiger partial charge is 0.368 e. The number of rotatable bonds is 3. The Kier molecular flexibility index (Phi) is 3.71. The number of hydrogen-bond acceptors (Lipinski definition) is 3. The van der Waals surface area contributed by atoms with Gasteiger partial charge >= 0.3 is 0 Å². The topological polar surface area (TPSA) is 58.4 Å². The summed E-state index contributed by atoms with van der Waals surface area (Å²) in [6.45, 7) is 2.81. The van der Waals surface area contributed by atoms with Gasteiger partial charge in [-0.1, -0.05) is 12.1 Å². The number of carbonyl (C=O) groups is 1. The SMILES string of the molecule is NC(=O)C1CNCCN1Cc1ccc(F)cc1. The van der Waals surface area contributed by atoms with E-state index in [0.29, 0.717) is 13.1 Å². The molecule has 1 heterocycles. The van der Waals surface area contributed by atoms with E-state index in [-0.39, 0.29) is 17.8 Å². The highest BCUT2D eigenvalue weighted by molar-refractivity contribution is 5.80. The van der Waals surface area contributed by atoms with Crippen LogP contribution in [0, 0.1) is 5.82 Å². The van der Waals surface area contributed by atoms with E-state index in [4.69, 9.17) is 5.73 Å². The number of nitrogens with two attached hydrogens (primary N) is 1. The van der Waals surface area contributed by atoms with Gasteiger partial charge in [0.15, 0.2) is 0 Å². The summed E-state index contributed by atoms with van der Waals surface area (Å²) < 4.78 is 12.8. The van der Waals surface area contributed by atoms with Crippen LogP contribution in [0.25, 0.3) is 0 Å². The Balaban J connectivity index is 2.05. The Hall–Kier alpha value is -1.46. The van der Waals surface area contributed by atoms with Crippen LogP contribution in [0.15, 0.2) is 24.3 Å². The Labute approximate surface area is 99.6 Å². The van der Waals surface area contributed by atoms with Crippen molar-refractivity contribution >= 4 is 5.91 Å². The number of nitrogens with zero attached hydrogens (tertiary/aromatic N) is 1. The monoisotopic (exact) mass is 237 g/mol. The van der Waals surface area contributed by atoms with Gasteiger partial charge in [0, 0.05) is 26.2 Å². The van der Waals surface area contributed by atoms with Crippen LogP contribution in [0.5, 0.6) is 0 Å². The first-order valence-corrected chi connectivity index (χ1v) is 5.65. The highest BCUT2D eigenvalue weighted by atomic mass is 19.1. The van der Waals surface area contributed by atoms with Crippen LogP contribution in [0.4, 0.5) is 4.39 Å². The molecule has 4 nitrogen and oxygen atoms in total. The first-order chi connectivity index (χ1) is 8.16. The molecule has 1 amide bonds. The Morgan fingerprint density at radius 1 is 1.47 bits per heavy atom. The molecule has 1 aliphatic rings. The van der Waals surface area contributed by atoms with Gasteiger partial charge in [-0.05, 0) is 17.7 Å².